The normalized spacial score (nSPS) is 10.6. The van der Waals surface area contributed by atoms with Crippen LogP contribution in [0.25, 0.3) is 10.6 Å². The van der Waals surface area contributed by atoms with Crippen molar-refractivity contribution in [1.29, 1.82) is 0 Å². The van der Waals surface area contributed by atoms with E-state index < -0.39 is 0 Å². The first kappa shape index (κ1) is 17.6. The van der Waals surface area contributed by atoms with Crippen LogP contribution < -0.4 is 10.6 Å². The van der Waals surface area contributed by atoms with E-state index in [1.807, 2.05) is 24.4 Å². The Bertz CT molecular complexity index is 899. The molecule has 0 unspecified atom stereocenters. The lowest BCUT2D eigenvalue weighted by Gasteiger charge is -1.99. The molecule has 0 fully saturated rings. The molecule has 130 valence electrons. The number of hydrogen-bond acceptors (Lipinski definition) is 8. The molecule has 0 spiro atoms. The Morgan fingerprint density at radius 2 is 2.12 bits per heavy atom. The van der Waals surface area contributed by atoms with E-state index in [1.54, 1.807) is 11.3 Å². The summed E-state index contributed by atoms with van der Waals surface area (Å²) in [6.45, 7) is 3.93. The van der Waals surface area contributed by atoms with Gasteiger partial charge in [-0.05, 0) is 30.1 Å². The van der Waals surface area contributed by atoms with Crippen molar-refractivity contribution in [2.24, 2.45) is 0 Å². The topological polar surface area (TPSA) is 96.9 Å². The summed E-state index contributed by atoms with van der Waals surface area (Å²) in [4.78, 5) is 30.3. The van der Waals surface area contributed by atoms with Crippen molar-refractivity contribution in [3.63, 3.8) is 0 Å². The van der Waals surface area contributed by atoms with Crippen LogP contribution in [0.5, 0.6) is 0 Å². The fraction of sp³-hybridized carbons (Fsp3) is 0.267. The van der Waals surface area contributed by atoms with Crippen LogP contribution in [0.2, 0.25) is 0 Å². The lowest BCUT2D eigenvalue weighted by molar-refractivity contribution is -0.119. The predicted octanol–water partition coefficient (Wildman–Crippen LogP) is 3.17. The molecule has 0 aromatic carbocycles. The lowest BCUT2D eigenvalue weighted by atomic mass is 10.3. The van der Waals surface area contributed by atoms with Crippen LogP contribution in [0.4, 0.5) is 5.13 Å². The molecule has 0 atom stereocenters. The van der Waals surface area contributed by atoms with E-state index >= 15 is 0 Å². The highest BCUT2D eigenvalue weighted by atomic mass is 32.1. The van der Waals surface area contributed by atoms with Gasteiger partial charge in [0.1, 0.15) is 4.88 Å². The van der Waals surface area contributed by atoms with Crippen molar-refractivity contribution < 1.29 is 9.59 Å². The zero-order valence-electron chi connectivity index (χ0n) is 13.5. The smallest absolute Gasteiger partial charge is 0.271 e. The second-order valence-corrected chi connectivity index (χ2v) is 7.85. The zero-order valence-corrected chi connectivity index (χ0v) is 16.0. The maximum absolute atomic E-state index is 12.3. The number of thiazole rings is 1. The van der Waals surface area contributed by atoms with Gasteiger partial charge in [0.05, 0.1) is 22.8 Å². The largest absolute Gasteiger partial charge is 0.351 e. The minimum absolute atomic E-state index is 0.0578. The minimum atomic E-state index is -0.231. The van der Waals surface area contributed by atoms with Crippen LogP contribution in [-0.2, 0) is 17.8 Å². The molecule has 0 saturated heterocycles. The van der Waals surface area contributed by atoms with E-state index in [2.05, 4.69) is 25.2 Å². The number of nitrogens with one attached hydrogen (secondary N) is 2. The van der Waals surface area contributed by atoms with E-state index in [9.17, 15) is 9.59 Å². The Morgan fingerprint density at radius 1 is 1.28 bits per heavy atom. The van der Waals surface area contributed by atoms with Crippen molar-refractivity contribution in [2.45, 2.75) is 26.8 Å². The summed E-state index contributed by atoms with van der Waals surface area (Å²) in [5.41, 5.74) is 1.50. The van der Waals surface area contributed by atoms with Gasteiger partial charge in [-0.3, -0.25) is 14.9 Å². The van der Waals surface area contributed by atoms with E-state index in [0.717, 1.165) is 27.0 Å². The number of carbonyl (C=O) groups is 2. The number of amides is 2. The Kier molecular flexibility index (Phi) is 5.51. The van der Waals surface area contributed by atoms with Crippen molar-refractivity contribution in [3.8, 4) is 10.6 Å². The van der Waals surface area contributed by atoms with Gasteiger partial charge in [-0.25, -0.2) is 4.98 Å². The van der Waals surface area contributed by atoms with Crippen molar-refractivity contribution >= 4 is 51.2 Å². The molecule has 0 radical (unpaired) electrons. The second-order valence-electron chi connectivity index (χ2n) is 5.07. The molecule has 3 rings (SSSR count). The number of rotatable bonds is 6. The first-order chi connectivity index (χ1) is 12.1. The molecule has 3 aromatic rings. The highest BCUT2D eigenvalue weighted by Gasteiger charge is 2.17. The molecule has 2 amide bonds. The van der Waals surface area contributed by atoms with E-state index in [-0.39, 0.29) is 11.8 Å². The molecule has 7 nitrogen and oxygen atoms in total. The maximum atomic E-state index is 12.3. The van der Waals surface area contributed by atoms with Gasteiger partial charge in [-0.15, -0.1) is 27.8 Å². The minimum Gasteiger partial charge on any atom is -0.351 e. The van der Waals surface area contributed by atoms with Gasteiger partial charge in [0.15, 0.2) is 5.13 Å². The number of carbonyl (C=O) groups excluding carboxylic acids is 2. The molecule has 10 heteroatoms. The summed E-state index contributed by atoms with van der Waals surface area (Å²) in [7, 11) is 0. The Hall–Kier alpha value is -2.17. The first-order valence-corrected chi connectivity index (χ1v) is 9.95. The van der Waals surface area contributed by atoms with Gasteiger partial charge < -0.3 is 5.32 Å². The fourth-order valence-electron chi connectivity index (χ4n) is 2.03. The van der Waals surface area contributed by atoms with Crippen LogP contribution in [0, 0.1) is 0 Å². The number of anilines is 1. The zero-order chi connectivity index (χ0) is 17.8. The molecule has 3 heterocycles. The summed E-state index contributed by atoms with van der Waals surface area (Å²) in [5, 5.41) is 12.0. The number of hydrogen-bond donors (Lipinski definition) is 2. The number of thiophene rings is 1. The van der Waals surface area contributed by atoms with E-state index in [0.29, 0.717) is 28.7 Å². The van der Waals surface area contributed by atoms with Gasteiger partial charge in [-0.1, -0.05) is 11.4 Å². The van der Waals surface area contributed by atoms with Crippen LogP contribution in [0.3, 0.4) is 0 Å². The third-order valence-corrected chi connectivity index (χ3v) is 5.88. The van der Waals surface area contributed by atoms with Crippen LogP contribution in [-0.4, -0.2) is 26.4 Å². The summed E-state index contributed by atoms with van der Waals surface area (Å²) in [6, 6.07) is 3.93. The molecule has 0 saturated carbocycles. The van der Waals surface area contributed by atoms with E-state index in [1.165, 1.54) is 18.3 Å². The standard InChI is InChI=1S/C15H15N5O2S3/c1-3-10-13(25-20-19-10)14(22)18-15-17-11(7-23-15)12-5-4-9(24-12)6-16-8(2)21/h4-5,7H,3,6H2,1-2H3,(H,16,21)(H,17,18,22). The molecule has 0 aliphatic heterocycles. The van der Waals surface area contributed by atoms with Gasteiger partial charge >= 0.3 is 0 Å². The molecular weight excluding hydrogens is 378 g/mol. The Balaban J connectivity index is 1.68. The number of aryl methyl sites for hydroxylation is 1. The van der Waals surface area contributed by atoms with Gasteiger partial charge in [0.25, 0.3) is 5.91 Å². The molecular formula is C15H15N5O2S3. The van der Waals surface area contributed by atoms with Gasteiger partial charge in [-0.2, -0.15) is 0 Å². The van der Waals surface area contributed by atoms with Crippen molar-refractivity contribution in [1.82, 2.24) is 19.9 Å². The van der Waals surface area contributed by atoms with Crippen LogP contribution >= 0.6 is 34.2 Å². The third-order valence-electron chi connectivity index (χ3n) is 3.25. The first-order valence-electron chi connectivity index (χ1n) is 7.48. The Labute approximate surface area is 156 Å². The summed E-state index contributed by atoms with van der Waals surface area (Å²) in [6.07, 6.45) is 0.661. The van der Waals surface area contributed by atoms with Gasteiger partial charge in [0, 0.05) is 17.2 Å². The summed E-state index contributed by atoms with van der Waals surface area (Å²) in [5.74, 6) is -0.289. The quantitative estimate of drug-likeness (QED) is 0.670. The second kappa shape index (κ2) is 7.81. The Morgan fingerprint density at radius 3 is 2.88 bits per heavy atom. The fourth-order valence-corrected chi connectivity index (χ4v) is 4.37. The highest BCUT2D eigenvalue weighted by Crippen LogP contribution is 2.31. The lowest BCUT2D eigenvalue weighted by Crippen LogP contribution is -2.17. The van der Waals surface area contributed by atoms with Crippen molar-refractivity contribution in [2.75, 3.05) is 5.32 Å². The van der Waals surface area contributed by atoms with Crippen LogP contribution in [0.1, 0.15) is 34.1 Å². The molecule has 0 bridgehead atoms. The van der Waals surface area contributed by atoms with E-state index in [4.69, 9.17) is 0 Å². The third kappa shape index (κ3) is 4.27. The molecule has 2 N–H and O–H groups in total. The summed E-state index contributed by atoms with van der Waals surface area (Å²) >= 11 is 4.02. The molecule has 0 aliphatic rings. The van der Waals surface area contributed by atoms with Gasteiger partial charge in [0.2, 0.25) is 5.91 Å². The SMILES string of the molecule is CCc1nnsc1C(=O)Nc1nc(-c2ccc(CNC(C)=O)s2)cs1. The van der Waals surface area contributed by atoms with Crippen molar-refractivity contribution in [3.05, 3.63) is 33.0 Å². The molecule has 25 heavy (non-hydrogen) atoms. The molecule has 3 aromatic heterocycles. The predicted molar refractivity (Wildman–Crippen MR) is 100 cm³/mol. The highest BCUT2D eigenvalue weighted by molar-refractivity contribution is 7.17. The maximum Gasteiger partial charge on any atom is 0.271 e. The number of aromatic nitrogens is 3. The average Bonchev–Trinajstić information content (AvgIpc) is 3.32. The average molecular weight is 394 g/mol. The molecule has 0 aliphatic carbocycles. The number of nitrogens with zero attached hydrogens (tertiary/aromatic N) is 3. The summed E-state index contributed by atoms with van der Waals surface area (Å²) < 4.78 is 3.83. The van der Waals surface area contributed by atoms with Crippen LogP contribution in [0.15, 0.2) is 17.5 Å². The monoisotopic (exact) mass is 393 g/mol.